The molecule has 0 radical (unpaired) electrons. The van der Waals surface area contributed by atoms with Crippen LogP contribution >= 0.6 is 0 Å². The molecule has 192 valence electrons. The summed E-state index contributed by atoms with van der Waals surface area (Å²) in [7, 11) is 0. The minimum absolute atomic E-state index is 0.0903. The summed E-state index contributed by atoms with van der Waals surface area (Å²) in [6.07, 6.45) is -5.46. The first-order valence-corrected chi connectivity index (χ1v) is 11.2. The van der Waals surface area contributed by atoms with Gasteiger partial charge in [-0.05, 0) is 50.6 Å². The van der Waals surface area contributed by atoms with E-state index in [0.29, 0.717) is 18.5 Å². The minimum atomic E-state index is -4.80. The van der Waals surface area contributed by atoms with E-state index in [-0.39, 0.29) is 53.8 Å². The number of hydrogen-bond donors (Lipinski definition) is 3. The molecule has 36 heavy (non-hydrogen) atoms. The molecule has 9 nitrogen and oxygen atoms in total. The van der Waals surface area contributed by atoms with Gasteiger partial charge in [0.2, 0.25) is 0 Å². The molecule has 4 rings (SSSR count). The number of benzene rings is 1. The Kier molecular flexibility index (Phi) is 6.76. The SMILES string of the molecule is Cc1nc2nc(C(F)(F)F)c([C@@H](C)Oc3ccc(C(=O)N4CCC(CO)(CO)C4)cc3)cc2c(=O)[nH]1. The third-order valence-corrected chi connectivity index (χ3v) is 6.36. The highest BCUT2D eigenvalue weighted by Crippen LogP contribution is 2.36. The lowest BCUT2D eigenvalue weighted by Crippen LogP contribution is -2.36. The van der Waals surface area contributed by atoms with Crippen molar-refractivity contribution in [3.05, 3.63) is 63.3 Å². The maximum atomic E-state index is 13.8. The summed E-state index contributed by atoms with van der Waals surface area (Å²) >= 11 is 0. The van der Waals surface area contributed by atoms with Crippen LogP contribution in [0.4, 0.5) is 13.2 Å². The van der Waals surface area contributed by atoms with Crippen molar-refractivity contribution in [2.24, 2.45) is 5.41 Å². The molecule has 3 N–H and O–H groups in total. The molecule has 1 fully saturated rings. The lowest BCUT2D eigenvalue weighted by atomic mass is 9.89. The predicted molar refractivity (Wildman–Crippen MR) is 123 cm³/mol. The average Bonchev–Trinajstić information content (AvgIpc) is 3.28. The van der Waals surface area contributed by atoms with Crippen molar-refractivity contribution in [2.45, 2.75) is 32.5 Å². The predicted octanol–water partition coefficient (Wildman–Crippen LogP) is 2.60. The number of hydrogen-bond acceptors (Lipinski definition) is 7. The standard InChI is InChI=1S/C24H25F3N4O5/c1-13(17-9-18-20(28-14(2)29-21(18)34)30-19(17)24(25,26)27)36-16-5-3-15(4-6-16)22(35)31-8-7-23(10-31,11-32)12-33/h3-6,9,13,32-33H,7-8,10-12H2,1-2H3,(H,28,29,30,34)/t13-/m1/s1. The second-order valence-corrected chi connectivity index (χ2v) is 9.02. The van der Waals surface area contributed by atoms with Crippen LogP contribution in [0, 0.1) is 12.3 Å². The minimum Gasteiger partial charge on any atom is -0.486 e. The summed E-state index contributed by atoms with van der Waals surface area (Å²) in [5.74, 6) is 0.0651. The molecular weight excluding hydrogens is 481 g/mol. The first kappa shape index (κ1) is 25.6. The number of amides is 1. The Morgan fingerprint density at radius 1 is 1.22 bits per heavy atom. The number of nitrogens with one attached hydrogen (secondary N) is 1. The Balaban J connectivity index is 1.57. The monoisotopic (exact) mass is 506 g/mol. The first-order chi connectivity index (χ1) is 17.0. The molecule has 0 saturated carbocycles. The Hall–Kier alpha value is -3.51. The molecule has 3 aromatic rings. The van der Waals surface area contributed by atoms with E-state index in [0.717, 1.165) is 6.07 Å². The van der Waals surface area contributed by atoms with Gasteiger partial charge in [-0.1, -0.05) is 0 Å². The Morgan fingerprint density at radius 3 is 2.47 bits per heavy atom. The number of aromatic nitrogens is 3. The molecule has 1 atom stereocenters. The molecule has 1 saturated heterocycles. The summed E-state index contributed by atoms with van der Waals surface area (Å²) in [4.78, 5) is 36.6. The number of halogens is 3. The van der Waals surface area contributed by atoms with Gasteiger partial charge in [0.15, 0.2) is 11.3 Å². The fourth-order valence-electron chi connectivity index (χ4n) is 4.27. The highest BCUT2D eigenvalue weighted by atomic mass is 19.4. The van der Waals surface area contributed by atoms with E-state index in [1.165, 1.54) is 43.0 Å². The highest BCUT2D eigenvalue weighted by Gasteiger charge is 2.40. The van der Waals surface area contributed by atoms with Gasteiger partial charge in [0.25, 0.3) is 11.5 Å². The van der Waals surface area contributed by atoms with Gasteiger partial charge in [0, 0.05) is 29.6 Å². The largest absolute Gasteiger partial charge is 0.486 e. The molecule has 3 heterocycles. The number of aliphatic hydroxyl groups excluding tert-OH is 2. The van der Waals surface area contributed by atoms with Crippen LogP contribution in [0.3, 0.4) is 0 Å². The van der Waals surface area contributed by atoms with Gasteiger partial charge in [-0.15, -0.1) is 0 Å². The maximum absolute atomic E-state index is 13.8. The maximum Gasteiger partial charge on any atom is 0.433 e. The summed E-state index contributed by atoms with van der Waals surface area (Å²) in [5, 5.41) is 19.0. The summed E-state index contributed by atoms with van der Waals surface area (Å²) in [6, 6.07) is 6.99. The van der Waals surface area contributed by atoms with Crippen LogP contribution in [-0.2, 0) is 6.18 Å². The van der Waals surface area contributed by atoms with Gasteiger partial charge in [0.1, 0.15) is 17.7 Å². The molecule has 0 unspecified atom stereocenters. The number of carbonyl (C=O) groups is 1. The van der Waals surface area contributed by atoms with Crippen LogP contribution in [0.5, 0.6) is 5.75 Å². The molecule has 1 aliphatic rings. The normalized spacial score (nSPS) is 16.4. The zero-order chi connectivity index (χ0) is 26.3. The number of fused-ring (bicyclic) bond motifs is 1. The number of H-pyrrole nitrogens is 1. The lowest BCUT2D eigenvalue weighted by Gasteiger charge is -2.24. The van der Waals surface area contributed by atoms with E-state index in [4.69, 9.17) is 4.74 Å². The van der Waals surface area contributed by atoms with Crippen molar-refractivity contribution >= 4 is 16.9 Å². The number of aliphatic hydroxyl groups is 2. The Labute approximate surface area is 203 Å². The van der Waals surface area contributed by atoms with Gasteiger partial charge in [-0.25, -0.2) is 9.97 Å². The van der Waals surface area contributed by atoms with Crippen molar-refractivity contribution in [3.8, 4) is 5.75 Å². The number of alkyl halides is 3. The molecule has 1 amide bonds. The van der Waals surface area contributed by atoms with Crippen LogP contribution < -0.4 is 10.3 Å². The summed E-state index contributed by atoms with van der Waals surface area (Å²) in [5.41, 5.74) is -2.84. The topological polar surface area (TPSA) is 129 Å². The number of carbonyl (C=O) groups excluding carboxylic acids is 1. The van der Waals surface area contributed by atoms with Crippen molar-refractivity contribution in [1.82, 2.24) is 19.9 Å². The van der Waals surface area contributed by atoms with Crippen molar-refractivity contribution in [3.63, 3.8) is 0 Å². The number of aryl methyl sites for hydroxylation is 1. The van der Waals surface area contributed by atoms with Gasteiger partial charge in [0.05, 0.1) is 18.6 Å². The lowest BCUT2D eigenvalue weighted by molar-refractivity contribution is -0.142. The third kappa shape index (κ3) is 4.91. The van der Waals surface area contributed by atoms with E-state index in [9.17, 15) is 33.0 Å². The van der Waals surface area contributed by atoms with Gasteiger partial charge in [-0.2, -0.15) is 13.2 Å². The summed E-state index contributed by atoms with van der Waals surface area (Å²) in [6.45, 7) is 2.99. The van der Waals surface area contributed by atoms with E-state index in [1.807, 2.05) is 0 Å². The summed E-state index contributed by atoms with van der Waals surface area (Å²) < 4.78 is 47.0. The van der Waals surface area contributed by atoms with Crippen molar-refractivity contribution in [2.75, 3.05) is 26.3 Å². The molecule has 1 aromatic carbocycles. The smallest absolute Gasteiger partial charge is 0.433 e. The number of nitrogens with zero attached hydrogens (tertiary/aromatic N) is 3. The van der Waals surface area contributed by atoms with Crippen molar-refractivity contribution in [1.29, 1.82) is 0 Å². The zero-order valence-electron chi connectivity index (χ0n) is 19.6. The third-order valence-electron chi connectivity index (χ3n) is 6.36. The van der Waals surface area contributed by atoms with Crippen LogP contribution in [0.1, 0.15) is 46.9 Å². The van der Waals surface area contributed by atoms with Crippen LogP contribution in [0.2, 0.25) is 0 Å². The molecule has 0 bridgehead atoms. The van der Waals surface area contributed by atoms with Gasteiger partial charge < -0.3 is 24.8 Å². The second kappa shape index (κ2) is 9.51. The zero-order valence-corrected chi connectivity index (χ0v) is 19.6. The van der Waals surface area contributed by atoms with E-state index in [2.05, 4.69) is 15.0 Å². The van der Waals surface area contributed by atoms with Crippen molar-refractivity contribution < 1.29 is 32.9 Å². The molecule has 0 spiro atoms. The number of likely N-dealkylation sites (tertiary alicyclic amines) is 1. The van der Waals surface area contributed by atoms with Crippen LogP contribution in [0.25, 0.3) is 11.0 Å². The van der Waals surface area contributed by atoms with Crippen LogP contribution in [0.15, 0.2) is 35.1 Å². The highest BCUT2D eigenvalue weighted by molar-refractivity contribution is 5.94. The molecule has 12 heteroatoms. The molecule has 1 aliphatic heterocycles. The number of aromatic amines is 1. The molecule has 0 aliphatic carbocycles. The molecule has 2 aromatic heterocycles. The second-order valence-electron chi connectivity index (χ2n) is 9.02. The first-order valence-electron chi connectivity index (χ1n) is 11.2. The van der Waals surface area contributed by atoms with E-state index >= 15 is 0 Å². The number of ether oxygens (including phenoxy) is 1. The Bertz CT molecular complexity index is 1340. The molecular formula is C24H25F3N4O5. The Morgan fingerprint density at radius 2 is 1.89 bits per heavy atom. The fraction of sp³-hybridized carbons (Fsp3) is 0.417. The fourth-order valence-corrected chi connectivity index (χ4v) is 4.27. The van der Waals surface area contributed by atoms with Crippen LogP contribution in [-0.4, -0.2) is 62.3 Å². The van der Waals surface area contributed by atoms with E-state index in [1.54, 1.807) is 0 Å². The number of pyridine rings is 1. The van der Waals surface area contributed by atoms with E-state index < -0.39 is 28.9 Å². The van der Waals surface area contributed by atoms with Gasteiger partial charge in [-0.3, -0.25) is 9.59 Å². The average molecular weight is 506 g/mol. The van der Waals surface area contributed by atoms with Gasteiger partial charge >= 0.3 is 6.18 Å². The quantitative estimate of drug-likeness (QED) is 0.469. The number of rotatable bonds is 6.